The summed E-state index contributed by atoms with van der Waals surface area (Å²) in [5.74, 6) is -0.901. The lowest BCUT2D eigenvalue weighted by molar-refractivity contribution is 0.0698. The van der Waals surface area contributed by atoms with Gasteiger partial charge in [0, 0.05) is 11.8 Å². The van der Waals surface area contributed by atoms with Crippen LogP contribution in [0.3, 0.4) is 0 Å². The van der Waals surface area contributed by atoms with Crippen molar-refractivity contribution in [3.63, 3.8) is 0 Å². The number of carboxylic acids is 1. The average molecular weight is 215 g/mol. The molecule has 0 atom stereocenters. The van der Waals surface area contributed by atoms with Crippen LogP contribution in [0.1, 0.15) is 22.8 Å². The Morgan fingerprint density at radius 2 is 2.06 bits per heavy atom. The maximum atomic E-state index is 11.0. The van der Waals surface area contributed by atoms with Crippen molar-refractivity contribution in [3.8, 4) is 11.3 Å². The molecule has 2 aromatic rings. The summed E-state index contributed by atoms with van der Waals surface area (Å²) in [4.78, 5) is 14.0. The summed E-state index contributed by atoms with van der Waals surface area (Å²) < 4.78 is 0. The Balaban J connectivity index is 2.58. The number of hydrogen-bond donors (Lipinski definition) is 2. The van der Waals surface area contributed by atoms with Gasteiger partial charge in [-0.3, -0.25) is 0 Å². The third-order valence-electron chi connectivity index (χ3n) is 2.65. The first kappa shape index (κ1) is 10.5. The Labute approximate surface area is 93.7 Å². The van der Waals surface area contributed by atoms with Crippen LogP contribution in [0.5, 0.6) is 0 Å². The minimum atomic E-state index is -0.901. The molecule has 0 unspecified atom stereocenters. The second-order valence-corrected chi connectivity index (χ2v) is 3.58. The molecule has 0 saturated carbocycles. The Morgan fingerprint density at radius 3 is 2.75 bits per heavy atom. The number of carbonyl (C=O) groups is 1. The van der Waals surface area contributed by atoms with Gasteiger partial charge in [-0.25, -0.2) is 4.79 Å². The maximum Gasteiger partial charge on any atom is 0.337 e. The summed E-state index contributed by atoms with van der Waals surface area (Å²) in [7, 11) is 0. The van der Waals surface area contributed by atoms with Crippen LogP contribution in [0.4, 0.5) is 0 Å². The zero-order valence-electron chi connectivity index (χ0n) is 9.03. The van der Waals surface area contributed by atoms with E-state index in [1.807, 2.05) is 24.3 Å². The van der Waals surface area contributed by atoms with Crippen LogP contribution in [-0.2, 0) is 6.42 Å². The van der Waals surface area contributed by atoms with Crippen molar-refractivity contribution in [1.82, 2.24) is 4.98 Å². The Kier molecular flexibility index (Phi) is 2.77. The van der Waals surface area contributed by atoms with E-state index in [2.05, 4.69) is 11.9 Å². The summed E-state index contributed by atoms with van der Waals surface area (Å²) in [5.41, 5.74) is 3.12. The lowest BCUT2D eigenvalue weighted by Gasteiger charge is -2.06. The molecule has 0 aliphatic rings. The smallest absolute Gasteiger partial charge is 0.337 e. The number of aromatic carboxylic acids is 1. The number of rotatable bonds is 3. The summed E-state index contributed by atoms with van der Waals surface area (Å²) in [5, 5.41) is 9.06. The van der Waals surface area contributed by atoms with Gasteiger partial charge in [0.05, 0.1) is 11.3 Å². The van der Waals surface area contributed by atoms with Crippen LogP contribution >= 0.6 is 0 Å². The van der Waals surface area contributed by atoms with Crippen LogP contribution in [0.2, 0.25) is 0 Å². The van der Waals surface area contributed by atoms with Gasteiger partial charge in [0.25, 0.3) is 0 Å². The topological polar surface area (TPSA) is 53.1 Å². The zero-order valence-corrected chi connectivity index (χ0v) is 9.03. The van der Waals surface area contributed by atoms with Gasteiger partial charge in [-0.15, -0.1) is 0 Å². The van der Waals surface area contributed by atoms with Gasteiger partial charge in [0.15, 0.2) is 0 Å². The molecule has 0 saturated heterocycles. The summed E-state index contributed by atoms with van der Waals surface area (Å²) in [6.45, 7) is 2.06. The van der Waals surface area contributed by atoms with Crippen LogP contribution in [0.25, 0.3) is 11.3 Å². The van der Waals surface area contributed by atoms with Crippen molar-refractivity contribution >= 4 is 5.97 Å². The first-order valence-electron chi connectivity index (χ1n) is 5.23. The highest BCUT2D eigenvalue weighted by Gasteiger charge is 2.14. The van der Waals surface area contributed by atoms with Crippen molar-refractivity contribution in [2.24, 2.45) is 0 Å². The number of hydrogen-bond acceptors (Lipinski definition) is 1. The van der Waals surface area contributed by atoms with E-state index >= 15 is 0 Å². The highest BCUT2D eigenvalue weighted by atomic mass is 16.4. The van der Waals surface area contributed by atoms with Crippen molar-refractivity contribution < 1.29 is 9.90 Å². The fraction of sp³-hybridized carbons (Fsp3) is 0.154. The van der Waals surface area contributed by atoms with Gasteiger partial charge in [-0.2, -0.15) is 0 Å². The van der Waals surface area contributed by atoms with Gasteiger partial charge in [0.2, 0.25) is 0 Å². The third kappa shape index (κ3) is 1.72. The molecule has 82 valence electrons. The number of aryl methyl sites for hydroxylation is 1. The van der Waals surface area contributed by atoms with E-state index in [0.717, 1.165) is 17.5 Å². The van der Waals surface area contributed by atoms with Crippen molar-refractivity contribution in [2.75, 3.05) is 0 Å². The fourth-order valence-electron chi connectivity index (χ4n) is 1.84. The number of aromatic amines is 1. The molecule has 0 bridgehead atoms. The minimum absolute atomic E-state index is 0.320. The SMILES string of the molecule is CCc1ccccc1-c1[nH]ccc1C(=O)O. The Bertz CT molecular complexity index is 514. The van der Waals surface area contributed by atoms with Crippen molar-refractivity contribution in [1.29, 1.82) is 0 Å². The zero-order chi connectivity index (χ0) is 11.5. The van der Waals surface area contributed by atoms with Gasteiger partial charge < -0.3 is 10.1 Å². The monoisotopic (exact) mass is 215 g/mol. The third-order valence-corrected chi connectivity index (χ3v) is 2.65. The molecular formula is C13H13NO2. The predicted octanol–water partition coefficient (Wildman–Crippen LogP) is 2.94. The number of H-pyrrole nitrogens is 1. The van der Waals surface area contributed by atoms with Crippen LogP contribution in [0, 0.1) is 0 Å². The first-order chi connectivity index (χ1) is 7.74. The van der Waals surface area contributed by atoms with E-state index in [1.54, 1.807) is 12.3 Å². The maximum absolute atomic E-state index is 11.0. The van der Waals surface area contributed by atoms with E-state index in [9.17, 15) is 4.79 Å². The molecule has 16 heavy (non-hydrogen) atoms. The van der Waals surface area contributed by atoms with Gasteiger partial charge in [-0.1, -0.05) is 31.2 Å². The first-order valence-corrected chi connectivity index (χ1v) is 5.23. The van der Waals surface area contributed by atoms with Gasteiger partial charge in [-0.05, 0) is 18.1 Å². The highest BCUT2D eigenvalue weighted by molar-refractivity contribution is 5.95. The summed E-state index contributed by atoms with van der Waals surface area (Å²) in [6, 6.07) is 9.43. The lowest BCUT2D eigenvalue weighted by Crippen LogP contribution is -1.98. The summed E-state index contributed by atoms with van der Waals surface area (Å²) in [6.07, 6.45) is 2.54. The Morgan fingerprint density at radius 1 is 1.31 bits per heavy atom. The molecule has 3 nitrogen and oxygen atoms in total. The van der Waals surface area contributed by atoms with E-state index in [1.165, 1.54) is 0 Å². The molecule has 0 amide bonds. The molecule has 2 N–H and O–H groups in total. The van der Waals surface area contributed by atoms with Crippen LogP contribution in [0.15, 0.2) is 36.5 Å². The van der Waals surface area contributed by atoms with E-state index in [0.29, 0.717) is 11.3 Å². The number of benzene rings is 1. The minimum Gasteiger partial charge on any atom is -0.478 e. The molecule has 0 aliphatic heterocycles. The largest absolute Gasteiger partial charge is 0.478 e. The summed E-state index contributed by atoms with van der Waals surface area (Å²) >= 11 is 0. The molecular weight excluding hydrogens is 202 g/mol. The quantitative estimate of drug-likeness (QED) is 0.827. The van der Waals surface area contributed by atoms with Crippen molar-refractivity contribution in [3.05, 3.63) is 47.7 Å². The molecule has 0 radical (unpaired) electrons. The number of carboxylic acid groups (broad SMARTS) is 1. The molecule has 0 aliphatic carbocycles. The van der Waals surface area contributed by atoms with Crippen LogP contribution in [-0.4, -0.2) is 16.1 Å². The van der Waals surface area contributed by atoms with E-state index < -0.39 is 5.97 Å². The van der Waals surface area contributed by atoms with E-state index in [4.69, 9.17) is 5.11 Å². The second kappa shape index (κ2) is 4.23. The molecule has 0 spiro atoms. The van der Waals surface area contributed by atoms with Gasteiger partial charge >= 0.3 is 5.97 Å². The predicted molar refractivity (Wildman–Crippen MR) is 62.6 cm³/mol. The molecule has 1 aromatic heterocycles. The lowest BCUT2D eigenvalue weighted by atomic mass is 10.0. The normalized spacial score (nSPS) is 10.3. The van der Waals surface area contributed by atoms with Gasteiger partial charge in [0.1, 0.15) is 0 Å². The van der Waals surface area contributed by atoms with Crippen molar-refractivity contribution in [2.45, 2.75) is 13.3 Å². The fourth-order valence-corrected chi connectivity index (χ4v) is 1.84. The highest BCUT2D eigenvalue weighted by Crippen LogP contribution is 2.26. The van der Waals surface area contributed by atoms with Crippen LogP contribution < -0.4 is 0 Å². The second-order valence-electron chi connectivity index (χ2n) is 3.58. The molecule has 1 heterocycles. The molecule has 0 fully saturated rings. The standard InChI is InChI=1S/C13H13NO2/c1-2-9-5-3-4-6-10(9)12-11(13(15)16)7-8-14-12/h3-8,14H,2H2,1H3,(H,15,16). The molecule has 1 aromatic carbocycles. The average Bonchev–Trinajstić information content (AvgIpc) is 2.77. The Hall–Kier alpha value is -2.03. The number of nitrogens with one attached hydrogen (secondary N) is 1. The van der Waals surface area contributed by atoms with E-state index in [-0.39, 0.29) is 0 Å². The number of aromatic nitrogens is 1. The molecule has 2 rings (SSSR count). The molecule has 3 heteroatoms.